The van der Waals surface area contributed by atoms with Gasteiger partial charge in [-0.1, -0.05) is 27.3 Å². The van der Waals surface area contributed by atoms with E-state index in [0.29, 0.717) is 5.13 Å². The zero-order chi connectivity index (χ0) is 11.1. The summed E-state index contributed by atoms with van der Waals surface area (Å²) in [7, 11) is 0. The molecule has 1 N–H and O–H groups in total. The van der Waals surface area contributed by atoms with Crippen LogP contribution >= 0.6 is 27.3 Å². The molecular weight excluding hydrogens is 288 g/mol. The van der Waals surface area contributed by atoms with Crippen LogP contribution in [-0.4, -0.2) is 10.9 Å². The van der Waals surface area contributed by atoms with Crippen LogP contribution in [0.25, 0.3) is 10.2 Å². The summed E-state index contributed by atoms with van der Waals surface area (Å²) in [5.74, 6) is 0.330. The van der Waals surface area contributed by atoms with Crippen molar-refractivity contribution in [1.82, 2.24) is 4.98 Å². The maximum atomic E-state index is 11.6. The smallest absolute Gasteiger partial charge is 0.229 e. The van der Waals surface area contributed by atoms with E-state index in [1.54, 1.807) is 0 Å². The topological polar surface area (TPSA) is 42.0 Å². The molecule has 1 aliphatic rings. The first-order valence-corrected chi connectivity index (χ1v) is 6.70. The van der Waals surface area contributed by atoms with Crippen LogP contribution in [0.4, 0.5) is 5.13 Å². The van der Waals surface area contributed by atoms with Crippen LogP contribution in [0.1, 0.15) is 12.8 Å². The molecule has 3 nitrogen and oxygen atoms in total. The molecule has 82 valence electrons. The molecule has 0 radical (unpaired) electrons. The Morgan fingerprint density at radius 2 is 2.31 bits per heavy atom. The minimum Gasteiger partial charge on any atom is -0.302 e. The molecule has 1 saturated carbocycles. The maximum Gasteiger partial charge on any atom is 0.229 e. The van der Waals surface area contributed by atoms with E-state index in [0.717, 1.165) is 27.5 Å². The SMILES string of the molecule is O=C(Nc1nc2ccc(Br)cc2s1)C1CC1. The molecule has 1 aromatic heterocycles. The quantitative estimate of drug-likeness (QED) is 0.923. The number of halogens is 1. The van der Waals surface area contributed by atoms with Gasteiger partial charge in [-0.15, -0.1) is 0 Å². The van der Waals surface area contributed by atoms with E-state index in [9.17, 15) is 4.79 Å². The van der Waals surface area contributed by atoms with Crippen molar-refractivity contribution in [3.8, 4) is 0 Å². The van der Waals surface area contributed by atoms with E-state index in [1.165, 1.54) is 11.3 Å². The molecule has 0 atom stereocenters. The molecular formula is C11H9BrN2OS. The molecule has 0 unspecified atom stereocenters. The third-order valence-corrected chi connectivity index (χ3v) is 3.96. The standard InChI is InChI=1S/C11H9BrN2OS/c12-7-3-4-8-9(5-7)16-11(13-8)14-10(15)6-1-2-6/h3-6H,1-2H2,(H,13,14,15). The second-order valence-corrected chi connectivity index (χ2v) is 5.84. The summed E-state index contributed by atoms with van der Waals surface area (Å²) in [6.45, 7) is 0. The molecule has 0 saturated heterocycles. The number of amides is 1. The molecule has 2 aromatic rings. The lowest BCUT2D eigenvalue weighted by molar-refractivity contribution is -0.117. The summed E-state index contributed by atoms with van der Waals surface area (Å²) in [5.41, 5.74) is 0.930. The van der Waals surface area contributed by atoms with Gasteiger partial charge in [-0.25, -0.2) is 4.98 Å². The normalized spacial score (nSPS) is 15.3. The number of carbonyl (C=O) groups excluding carboxylic acids is 1. The van der Waals surface area contributed by atoms with Crippen molar-refractivity contribution >= 4 is 48.5 Å². The number of rotatable bonds is 2. The minimum atomic E-state index is 0.109. The number of hydrogen-bond acceptors (Lipinski definition) is 3. The highest BCUT2D eigenvalue weighted by Crippen LogP contribution is 2.32. The van der Waals surface area contributed by atoms with Crippen LogP contribution in [0.5, 0.6) is 0 Å². The van der Waals surface area contributed by atoms with Crippen LogP contribution in [0, 0.1) is 5.92 Å². The van der Waals surface area contributed by atoms with E-state index in [-0.39, 0.29) is 11.8 Å². The van der Waals surface area contributed by atoms with Gasteiger partial charge in [-0.2, -0.15) is 0 Å². The molecule has 0 bridgehead atoms. The Bertz CT molecular complexity index is 562. The van der Waals surface area contributed by atoms with Gasteiger partial charge in [0.2, 0.25) is 5.91 Å². The molecule has 16 heavy (non-hydrogen) atoms. The Hall–Kier alpha value is -0.940. The average Bonchev–Trinajstić information content (AvgIpc) is 3.00. The predicted molar refractivity (Wildman–Crippen MR) is 68.7 cm³/mol. The van der Waals surface area contributed by atoms with Gasteiger partial charge in [-0.05, 0) is 31.0 Å². The molecule has 0 spiro atoms. The molecule has 1 heterocycles. The Morgan fingerprint density at radius 1 is 1.50 bits per heavy atom. The monoisotopic (exact) mass is 296 g/mol. The van der Waals surface area contributed by atoms with Crippen LogP contribution < -0.4 is 5.32 Å². The fourth-order valence-corrected chi connectivity index (χ4v) is 2.93. The number of fused-ring (bicyclic) bond motifs is 1. The number of thiazole rings is 1. The number of nitrogens with one attached hydrogen (secondary N) is 1. The fourth-order valence-electron chi connectivity index (χ4n) is 1.50. The second kappa shape index (κ2) is 3.82. The van der Waals surface area contributed by atoms with Gasteiger partial charge >= 0.3 is 0 Å². The summed E-state index contributed by atoms with van der Waals surface area (Å²) in [5, 5.41) is 3.56. The van der Waals surface area contributed by atoms with Gasteiger partial charge in [0.05, 0.1) is 10.2 Å². The largest absolute Gasteiger partial charge is 0.302 e. The lowest BCUT2D eigenvalue weighted by Crippen LogP contribution is -2.12. The molecule has 3 rings (SSSR count). The first-order valence-electron chi connectivity index (χ1n) is 5.09. The van der Waals surface area contributed by atoms with Crippen molar-refractivity contribution in [3.63, 3.8) is 0 Å². The van der Waals surface area contributed by atoms with Gasteiger partial charge in [-0.3, -0.25) is 4.79 Å². The lowest BCUT2D eigenvalue weighted by Gasteiger charge is -1.96. The third kappa shape index (κ3) is 1.97. The number of carbonyl (C=O) groups is 1. The Kier molecular flexibility index (Phi) is 2.44. The van der Waals surface area contributed by atoms with Gasteiger partial charge in [0.1, 0.15) is 0 Å². The highest BCUT2D eigenvalue weighted by Gasteiger charge is 2.30. The zero-order valence-electron chi connectivity index (χ0n) is 8.37. The van der Waals surface area contributed by atoms with E-state index in [2.05, 4.69) is 26.2 Å². The number of hydrogen-bond donors (Lipinski definition) is 1. The molecule has 1 aromatic carbocycles. The Labute approximate surface area is 105 Å². The first kappa shape index (κ1) is 10.2. The van der Waals surface area contributed by atoms with Gasteiger partial charge in [0.15, 0.2) is 5.13 Å². The summed E-state index contributed by atoms with van der Waals surface area (Å²) < 4.78 is 2.11. The fraction of sp³-hybridized carbons (Fsp3) is 0.273. The van der Waals surface area contributed by atoms with Crippen molar-refractivity contribution in [2.24, 2.45) is 5.92 Å². The van der Waals surface area contributed by atoms with E-state index >= 15 is 0 Å². The highest BCUT2D eigenvalue weighted by atomic mass is 79.9. The molecule has 1 aliphatic carbocycles. The van der Waals surface area contributed by atoms with Crippen molar-refractivity contribution in [3.05, 3.63) is 22.7 Å². The Balaban J connectivity index is 1.89. The van der Waals surface area contributed by atoms with Crippen LogP contribution in [0.2, 0.25) is 0 Å². The maximum absolute atomic E-state index is 11.6. The van der Waals surface area contributed by atoms with Crippen LogP contribution in [-0.2, 0) is 4.79 Å². The van der Waals surface area contributed by atoms with Gasteiger partial charge in [0.25, 0.3) is 0 Å². The number of benzene rings is 1. The van der Waals surface area contributed by atoms with E-state index in [4.69, 9.17) is 0 Å². The third-order valence-electron chi connectivity index (χ3n) is 2.53. The van der Waals surface area contributed by atoms with E-state index < -0.39 is 0 Å². The summed E-state index contributed by atoms with van der Waals surface area (Å²) >= 11 is 4.93. The summed E-state index contributed by atoms with van der Waals surface area (Å²) in [4.78, 5) is 15.9. The molecule has 1 fully saturated rings. The molecule has 0 aliphatic heterocycles. The molecule has 1 amide bonds. The minimum absolute atomic E-state index is 0.109. The first-order chi connectivity index (χ1) is 7.72. The Morgan fingerprint density at radius 3 is 3.06 bits per heavy atom. The van der Waals surface area contributed by atoms with Crippen LogP contribution in [0.3, 0.4) is 0 Å². The lowest BCUT2D eigenvalue weighted by atomic mass is 10.3. The van der Waals surface area contributed by atoms with Gasteiger partial charge in [0, 0.05) is 10.4 Å². The zero-order valence-corrected chi connectivity index (χ0v) is 10.8. The highest BCUT2D eigenvalue weighted by molar-refractivity contribution is 9.10. The van der Waals surface area contributed by atoms with Crippen molar-refractivity contribution in [2.75, 3.05) is 5.32 Å². The number of anilines is 1. The van der Waals surface area contributed by atoms with Crippen molar-refractivity contribution < 1.29 is 4.79 Å². The van der Waals surface area contributed by atoms with Crippen LogP contribution in [0.15, 0.2) is 22.7 Å². The van der Waals surface area contributed by atoms with Gasteiger partial charge < -0.3 is 5.32 Å². The van der Waals surface area contributed by atoms with Crippen molar-refractivity contribution in [1.29, 1.82) is 0 Å². The predicted octanol–water partition coefficient (Wildman–Crippen LogP) is 3.41. The average molecular weight is 297 g/mol. The second-order valence-electron chi connectivity index (χ2n) is 3.89. The summed E-state index contributed by atoms with van der Waals surface area (Å²) in [6.07, 6.45) is 2.03. The number of nitrogens with zero attached hydrogens (tertiary/aromatic N) is 1. The molecule has 5 heteroatoms. The summed E-state index contributed by atoms with van der Waals surface area (Å²) in [6, 6.07) is 5.91. The van der Waals surface area contributed by atoms with Crippen molar-refractivity contribution in [2.45, 2.75) is 12.8 Å². The number of aromatic nitrogens is 1. The van der Waals surface area contributed by atoms with E-state index in [1.807, 2.05) is 18.2 Å².